The van der Waals surface area contributed by atoms with Crippen molar-refractivity contribution >= 4 is 23.3 Å². The van der Waals surface area contributed by atoms with Gasteiger partial charge in [-0.2, -0.15) is 10.2 Å². The van der Waals surface area contributed by atoms with Gasteiger partial charge in [-0.05, 0) is 13.8 Å². The Balaban J connectivity index is 2.28. The van der Waals surface area contributed by atoms with Crippen molar-refractivity contribution < 1.29 is 4.79 Å². The molecule has 6 nitrogen and oxygen atoms in total. The second kappa shape index (κ2) is 4.81. The van der Waals surface area contributed by atoms with E-state index in [2.05, 4.69) is 15.5 Å². The van der Waals surface area contributed by atoms with Crippen molar-refractivity contribution in [1.29, 1.82) is 0 Å². The maximum absolute atomic E-state index is 12.1. The maximum atomic E-state index is 12.1. The minimum absolute atomic E-state index is 0.304. The lowest BCUT2D eigenvalue weighted by atomic mass is 10.3. The highest BCUT2D eigenvalue weighted by atomic mass is 35.5. The first-order chi connectivity index (χ1) is 8.52. The monoisotopic (exact) mass is 267 g/mol. The highest BCUT2D eigenvalue weighted by molar-refractivity contribution is 6.34. The van der Waals surface area contributed by atoms with E-state index < -0.39 is 0 Å². The van der Waals surface area contributed by atoms with Crippen molar-refractivity contribution in [3.63, 3.8) is 0 Å². The Bertz CT molecular complexity index is 586. The van der Waals surface area contributed by atoms with Gasteiger partial charge in [-0.25, -0.2) is 0 Å². The van der Waals surface area contributed by atoms with Crippen LogP contribution in [0.4, 0.5) is 5.82 Å². The van der Waals surface area contributed by atoms with Crippen molar-refractivity contribution in [3.8, 4) is 0 Å². The van der Waals surface area contributed by atoms with Crippen LogP contribution in [0.25, 0.3) is 0 Å². The molecule has 0 fully saturated rings. The van der Waals surface area contributed by atoms with Gasteiger partial charge in [0.1, 0.15) is 5.69 Å². The van der Waals surface area contributed by atoms with E-state index in [-0.39, 0.29) is 5.91 Å². The van der Waals surface area contributed by atoms with Crippen molar-refractivity contribution in [3.05, 3.63) is 28.7 Å². The third-order valence-corrected chi connectivity index (χ3v) is 2.98. The maximum Gasteiger partial charge on any atom is 0.276 e. The van der Waals surface area contributed by atoms with E-state index in [1.54, 1.807) is 35.6 Å². The van der Waals surface area contributed by atoms with Gasteiger partial charge in [0.05, 0.1) is 10.7 Å². The number of amides is 1. The fourth-order valence-electron chi connectivity index (χ4n) is 1.66. The van der Waals surface area contributed by atoms with Crippen LogP contribution < -0.4 is 5.32 Å². The number of nitrogens with zero attached hydrogens (tertiary/aromatic N) is 4. The lowest BCUT2D eigenvalue weighted by Crippen LogP contribution is -2.18. The average molecular weight is 268 g/mol. The van der Waals surface area contributed by atoms with Crippen LogP contribution >= 0.6 is 11.6 Å². The van der Waals surface area contributed by atoms with Crippen LogP contribution in [-0.4, -0.2) is 25.5 Å². The van der Waals surface area contributed by atoms with Crippen LogP contribution in [-0.2, 0) is 13.6 Å². The molecule has 18 heavy (non-hydrogen) atoms. The molecule has 1 N–H and O–H groups in total. The molecule has 0 saturated carbocycles. The number of aromatic nitrogens is 4. The Hall–Kier alpha value is -1.82. The predicted octanol–water partition coefficient (Wildman–Crippen LogP) is 1.85. The fraction of sp³-hybridized carbons (Fsp3) is 0.364. The summed E-state index contributed by atoms with van der Waals surface area (Å²) in [6.07, 6.45) is 1.75. The van der Waals surface area contributed by atoms with E-state index in [4.69, 9.17) is 11.6 Å². The van der Waals surface area contributed by atoms with Crippen molar-refractivity contribution in [2.75, 3.05) is 5.32 Å². The minimum Gasteiger partial charge on any atom is -0.304 e. The number of carbonyl (C=O) groups is 1. The Morgan fingerprint density at radius 1 is 1.50 bits per heavy atom. The summed E-state index contributed by atoms with van der Waals surface area (Å²) < 4.78 is 3.19. The molecule has 2 heterocycles. The van der Waals surface area contributed by atoms with Gasteiger partial charge in [0, 0.05) is 25.9 Å². The lowest BCUT2D eigenvalue weighted by molar-refractivity contribution is 0.101. The van der Waals surface area contributed by atoms with E-state index in [9.17, 15) is 4.79 Å². The summed E-state index contributed by atoms with van der Waals surface area (Å²) >= 11 is 6.09. The molecule has 0 bridgehead atoms. The molecule has 0 aliphatic carbocycles. The molecule has 2 rings (SSSR count). The molecule has 7 heteroatoms. The summed E-state index contributed by atoms with van der Waals surface area (Å²) in [6.45, 7) is 4.25. The van der Waals surface area contributed by atoms with E-state index in [1.165, 1.54) is 0 Å². The summed E-state index contributed by atoms with van der Waals surface area (Å²) in [5.41, 5.74) is 1.01. The molecule has 0 atom stereocenters. The first-order valence-corrected chi connectivity index (χ1v) is 5.94. The Morgan fingerprint density at radius 2 is 2.22 bits per heavy atom. The number of anilines is 1. The van der Waals surface area contributed by atoms with Gasteiger partial charge in [0.25, 0.3) is 5.91 Å². The Kier molecular flexibility index (Phi) is 3.38. The van der Waals surface area contributed by atoms with Crippen LogP contribution in [0.3, 0.4) is 0 Å². The number of halogens is 1. The quantitative estimate of drug-likeness (QED) is 0.923. The zero-order chi connectivity index (χ0) is 13.3. The first kappa shape index (κ1) is 12.6. The van der Waals surface area contributed by atoms with Crippen LogP contribution in [0.5, 0.6) is 0 Å². The summed E-state index contributed by atoms with van der Waals surface area (Å²) in [7, 11) is 1.78. The molecule has 0 unspecified atom stereocenters. The highest BCUT2D eigenvalue weighted by Crippen LogP contribution is 2.21. The van der Waals surface area contributed by atoms with Gasteiger partial charge < -0.3 is 5.32 Å². The van der Waals surface area contributed by atoms with Crippen LogP contribution in [0.15, 0.2) is 12.3 Å². The highest BCUT2D eigenvalue weighted by Gasteiger charge is 2.20. The normalized spacial score (nSPS) is 10.7. The average Bonchev–Trinajstić information content (AvgIpc) is 2.84. The summed E-state index contributed by atoms with van der Waals surface area (Å²) in [6, 6.07) is 1.71. The number of carbonyl (C=O) groups excluding carboxylic acids is 1. The molecule has 96 valence electrons. The number of rotatable bonds is 3. The molecule has 0 aromatic carbocycles. The zero-order valence-corrected chi connectivity index (χ0v) is 11.2. The van der Waals surface area contributed by atoms with E-state index in [0.29, 0.717) is 28.8 Å². The molecule has 0 aliphatic heterocycles. The van der Waals surface area contributed by atoms with E-state index in [1.807, 2.05) is 6.92 Å². The molecule has 2 aromatic rings. The van der Waals surface area contributed by atoms with Crippen LogP contribution in [0.1, 0.15) is 23.1 Å². The fourth-order valence-corrected chi connectivity index (χ4v) is 1.88. The van der Waals surface area contributed by atoms with Gasteiger partial charge in [0.2, 0.25) is 0 Å². The number of nitrogens with one attached hydrogen (secondary N) is 1. The van der Waals surface area contributed by atoms with Gasteiger partial charge in [-0.15, -0.1) is 0 Å². The smallest absolute Gasteiger partial charge is 0.276 e. The second-order valence-electron chi connectivity index (χ2n) is 3.89. The number of hydrogen-bond acceptors (Lipinski definition) is 3. The largest absolute Gasteiger partial charge is 0.304 e. The minimum atomic E-state index is -0.304. The predicted molar refractivity (Wildman–Crippen MR) is 68.8 cm³/mol. The first-order valence-electron chi connectivity index (χ1n) is 5.56. The molecule has 0 spiro atoms. The lowest BCUT2D eigenvalue weighted by Gasteiger charge is -2.04. The standard InChI is InChI=1S/C11H14ClN5O/c1-4-17-10(9(12)7(2)14-17)11(18)13-8-5-6-16(3)15-8/h5-6H,4H2,1-3H3,(H,13,15,18). The second-order valence-corrected chi connectivity index (χ2v) is 4.27. The van der Waals surface area contributed by atoms with Crippen LogP contribution in [0.2, 0.25) is 5.02 Å². The third kappa shape index (κ3) is 2.24. The molecule has 2 aromatic heterocycles. The summed E-state index contributed by atoms with van der Waals surface area (Å²) in [5, 5.41) is 11.3. The third-order valence-electron chi connectivity index (χ3n) is 2.52. The van der Waals surface area contributed by atoms with Crippen molar-refractivity contribution in [2.24, 2.45) is 7.05 Å². The SMILES string of the molecule is CCn1nc(C)c(Cl)c1C(=O)Nc1ccn(C)n1. The molecular weight excluding hydrogens is 254 g/mol. The Labute approximate surface area is 110 Å². The van der Waals surface area contributed by atoms with Crippen molar-refractivity contribution in [2.45, 2.75) is 20.4 Å². The summed E-state index contributed by atoms with van der Waals surface area (Å²) in [5.74, 6) is 0.182. The molecule has 0 radical (unpaired) electrons. The Morgan fingerprint density at radius 3 is 2.78 bits per heavy atom. The molecule has 1 amide bonds. The summed E-state index contributed by atoms with van der Waals surface area (Å²) in [4.78, 5) is 12.1. The van der Waals surface area contributed by atoms with Gasteiger partial charge in [-0.1, -0.05) is 11.6 Å². The molecule has 0 aliphatic rings. The zero-order valence-electron chi connectivity index (χ0n) is 10.4. The van der Waals surface area contributed by atoms with Gasteiger partial charge in [0.15, 0.2) is 5.82 Å². The van der Waals surface area contributed by atoms with Crippen molar-refractivity contribution in [1.82, 2.24) is 19.6 Å². The number of hydrogen-bond donors (Lipinski definition) is 1. The van der Waals surface area contributed by atoms with E-state index in [0.717, 1.165) is 0 Å². The molecule has 0 saturated heterocycles. The van der Waals surface area contributed by atoms with Crippen LogP contribution in [0, 0.1) is 6.92 Å². The van der Waals surface area contributed by atoms with Gasteiger partial charge >= 0.3 is 0 Å². The van der Waals surface area contributed by atoms with E-state index >= 15 is 0 Å². The number of aryl methyl sites for hydroxylation is 3. The van der Waals surface area contributed by atoms with Gasteiger partial charge in [-0.3, -0.25) is 14.2 Å². The molecular formula is C11H14ClN5O. The topological polar surface area (TPSA) is 64.7 Å².